The van der Waals surface area contributed by atoms with Crippen molar-refractivity contribution in [2.75, 3.05) is 5.32 Å². The first-order chi connectivity index (χ1) is 12.3. The smallest absolute Gasteiger partial charge is 0.311 e. The molecular formula is C19H17Cl2NO4. The van der Waals surface area contributed by atoms with Crippen molar-refractivity contribution in [3.05, 3.63) is 63.6 Å². The van der Waals surface area contributed by atoms with Crippen LogP contribution in [-0.2, 0) is 20.7 Å². The van der Waals surface area contributed by atoms with E-state index in [0.29, 0.717) is 26.9 Å². The molecule has 26 heavy (non-hydrogen) atoms. The maximum atomic E-state index is 12.2. The van der Waals surface area contributed by atoms with Crippen LogP contribution >= 0.6 is 23.2 Å². The Morgan fingerprint density at radius 1 is 1.08 bits per heavy atom. The van der Waals surface area contributed by atoms with Crippen LogP contribution in [0, 0.1) is 0 Å². The molecule has 0 aliphatic heterocycles. The summed E-state index contributed by atoms with van der Waals surface area (Å²) in [4.78, 5) is 35.8. The molecule has 7 heteroatoms. The molecule has 2 aromatic carbocycles. The van der Waals surface area contributed by atoms with Gasteiger partial charge in [0.25, 0.3) is 5.91 Å². The number of ketones is 1. The highest BCUT2D eigenvalue weighted by atomic mass is 35.5. The number of nitrogens with one attached hydrogen (secondary N) is 1. The van der Waals surface area contributed by atoms with Gasteiger partial charge < -0.3 is 10.1 Å². The molecule has 2 aromatic rings. The fourth-order valence-electron chi connectivity index (χ4n) is 2.24. The van der Waals surface area contributed by atoms with E-state index in [-0.39, 0.29) is 12.2 Å². The van der Waals surface area contributed by atoms with Gasteiger partial charge in [0.15, 0.2) is 11.9 Å². The summed E-state index contributed by atoms with van der Waals surface area (Å²) in [6, 6.07) is 11.4. The van der Waals surface area contributed by atoms with E-state index < -0.39 is 18.0 Å². The largest absolute Gasteiger partial charge is 0.452 e. The monoisotopic (exact) mass is 393 g/mol. The van der Waals surface area contributed by atoms with E-state index in [4.69, 9.17) is 27.9 Å². The zero-order valence-electron chi connectivity index (χ0n) is 14.2. The van der Waals surface area contributed by atoms with Gasteiger partial charge in [-0.3, -0.25) is 14.4 Å². The quantitative estimate of drug-likeness (QED) is 0.586. The molecule has 0 radical (unpaired) electrons. The average molecular weight is 394 g/mol. The third kappa shape index (κ3) is 5.31. The number of ether oxygens (including phenoxy) is 1. The number of benzene rings is 2. The van der Waals surface area contributed by atoms with Crippen molar-refractivity contribution in [1.29, 1.82) is 0 Å². The van der Waals surface area contributed by atoms with Crippen molar-refractivity contribution in [2.45, 2.75) is 26.4 Å². The van der Waals surface area contributed by atoms with Gasteiger partial charge in [0.1, 0.15) is 0 Å². The Bertz CT molecular complexity index is 851. The molecule has 0 aliphatic carbocycles. The normalized spacial score (nSPS) is 11.5. The fourth-order valence-corrected chi connectivity index (χ4v) is 2.56. The summed E-state index contributed by atoms with van der Waals surface area (Å²) in [6.45, 7) is 2.87. The van der Waals surface area contributed by atoms with Crippen molar-refractivity contribution in [3.63, 3.8) is 0 Å². The Hall–Kier alpha value is -2.37. The zero-order chi connectivity index (χ0) is 19.3. The number of carbonyl (C=O) groups is 3. The summed E-state index contributed by atoms with van der Waals surface area (Å²) in [5.74, 6) is -1.28. The van der Waals surface area contributed by atoms with Crippen LogP contribution in [0.1, 0.15) is 29.8 Å². The number of rotatable bonds is 6. The summed E-state index contributed by atoms with van der Waals surface area (Å²) in [5.41, 5.74) is 1.38. The Morgan fingerprint density at radius 3 is 2.42 bits per heavy atom. The van der Waals surface area contributed by atoms with Gasteiger partial charge in [-0.15, -0.1) is 0 Å². The van der Waals surface area contributed by atoms with Crippen molar-refractivity contribution in [3.8, 4) is 0 Å². The van der Waals surface area contributed by atoms with Gasteiger partial charge in [0, 0.05) is 5.56 Å². The minimum Gasteiger partial charge on any atom is -0.452 e. The van der Waals surface area contributed by atoms with Crippen LogP contribution in [0.3, 0.4) is 0 Å². The molecule has 0 heterocycles. The summed E-state index contributed by atoms with van der Waals surface area (Å²) in [6.07, 6.45) is -1.07. The molecule has 1 unspecified atom stereocenters. The number of esters is 1. The molecule has 1 amide bonds. The van der Waals surface area contributed by atoms with Crippen molar-refractivity contribution in [2.24, 2.45) is 0 Å². The lowest BCUT2D eigenvalue weighted by atomic mass is 10.1. The molecule has 0 saturated heterocycles. The molecule has 0 saturated carbocycles. The number of anilines is 1. The average Bonchev–Trinajstić information content (AvgIpc) is 2.58. The Kier molecular flexibility index (Phi) is 6.77. The van der Waals surface area contributed by atoms with Crippen LogP contribution < -0.4 is 5.32 Å². The standard InChI is InChI=1S/C19H17Cl2NO4/c1-11(23)14-5-3-4-6-17(14)22-19(25)12(2)26-18(24)10-13-7-8-15(20)16(21)9-13/h3-9,12H,10H2,1-2H3,(H,22,25). The highest BCUT2D eigenvalue weighted by Gasteiger charge is 2.20. The number of para-hydroxylation sites is 1. The van der Waals surface area contributed by atoms with Gasteiger partial charge in [-0.25, -0.2) is 0 Å². The van der Waals surface area contributed by atoms with Crippen LogP contribution in [0.15, 0.2) is 42.5 Å². The molecule has 0 fully saturated rings. The first kappa shape index (κ1) is 19.9. The van der Waals surface area contributed by atoms with Gasteiger partial charge in [-0.1, -0.05) is 41.4 Å². The number of carbonyl (C=O) groups excluding carboxylic acids is 3. The Labute approximate surface area is 161 Å². The van der Waals surface area contributed by atoms with Crippen molar-refractivity contribution < 1.29 is 19.1 Å². The maximum absolute atomic E-state index is 12.2. The van der Waals surface area contributed by atoms with Gasteiger partial charge in [0.05, 0.1) is 22.2 Å². The lowest BCUT2D eigenvalue weighted by Crippen LogP contribution is -2.31. The Morgan fingerprint density at radius 2 is 1.77 bits per heavy atom. The van der Waals surface area contributed by atoms with Crippen LogP contribution in [-0.4, -0.2) is 23.8 Å². The molecular weight excluding hydrogens is 377 g/mol. The Balaban J connectivity index is 1.97. The molecule has 0 aliphatic rings. The summed E-state index contributed by atoms with van der Waals surface area (Å²) < 4.78 is 5.15. The summed E-state index contributed by atoms with van der Waals surface area (Å²) in [5, 5.41) is 3.33. The molecule has 5 nitrogen and oxygen atoms in total. The topological polar surface area (TPSA) is 72.5 Å². The number of amides is 1. The van der Waals surface area contributed by atoms with E-state index in [1.54, 1.807) is 42.5 Å². The van der Waals surface area contributed by atoms with Gasteiger partial charge in [0.2, 0.25) is 0 Å². The van der Waals surface area contributed by atoms with Crippen molar-refractivity contribution in [1.82, 2.24) is 0 Å². The van der Waals surface area contributed by atoms with E-state index in [0.717, 1.165) is 0 Å². The van der Waals surface area contributed by atoms with E-state index in [1.807, 2.05) is 0 Å². The summed E-state index contributed by atoms with van der Waals surface area (Å²) >= 11 is 11.7. The van der Waals surface area contributed by atoms with Crippen LogP contribution in [0.2, 0.25) is 10.0 Å². The van der Waals surface area contributed by atoms with Crippen LogP contribution in [0.4, 0.5) is 5.69 Å². The maximum Gasteiger partial charge on any atom is 0.311 e. The number of Topliss-reactive ketones (excluding diaryl/α,β-unsaturated/α-hetero) is 1. The molecule has 0 aromatic heterocycles. The number of halogens is 2. The third-order valence-corrected chi connectivity index (χ3v) is 4.31. The molecule has 0 spiro atoms. The zero-order valence-corrected chi connectivity index (χ0v) is 15.7. The number of hydrogen-bond donors (Lipinski definition) is 1. The highest BCUT2D eigenvalue weighted by Crippen LogP contribution is 2.23. The first-order valence-electron chi connectivity index (χ1n) is 7.82. The van der Waals surface area contributed by atoms with Crippen molar-refractivity contribution >= 4 is 46.5 Å². The number of hydrogen-bond acceptors (Lipinski definition) is 4. The molecule has 136 valence electrons. The molecule has 1 atom stereocenters. The second-order valence-corrected chi connectivity index (χ2v) is 6.46. The summed E-state index contributed by atoms with van der Waals surface area (Å²) in [7, 11) is 0. The second kappa shape index (κ2) is 8.83. The van der Waals surface area contributed by atoms with E-state index in [2.05, 4.69) is 5.32 Å². The predicted octanol–water partition coefficient (Wildman–Crippen LogP) is 4.31. The van der Waals surface area contributed by atoms with Crippen LogP contribution in [0.5, 0.6) is 0 Å². The van der Waals surface area contributed by atoms with E-state index in [1.165, 1.54) is 13.8 Å². The first-order valence-corrected chi connectivity index (χ1v) is 8.57. The minimum atomic E-state index is -1.02. The molecule has 0 bridgehead atoms. The highest BCUT2D eigenvalue weighted by molar-refractivity contribution is 6.42. The van der Waals surface area contributed by atoms with E-state index >= 15 is 0 Å². The van der Waals surface area contributed by atoms with Gasteiger partial charge in [-0.05, 0) is 43.7 Å². The fraction of sp³-hybridized carbons (Fsp3) is 0.211. The molecule has 2 rings (SSSR count). The second-order valence-electron chi connectivity index (χ2n) is 5.65. The third-order valence-electron chi connectivity index (χ3n) is 3.57. The SMILES string of the molecule is CC(=O)c1ccccc1NC(=O)C(C)OC(=O)Cc1ccc(Cl)c(Cl)c1. The van der Waals surface area contributed by atoms with Crippen LogP contribution in [0.25, 0.3) is 0 Å². The lowest BCUT2D eigenvalue weighted by molar-refractivity contribution is -0.152. The predicted molar refractivity (Wildman–Crippen MR) is 101 cm³/mol. The van der Waals surface area contributed by atoms with E-state index in [9.17, 15) is 14.4 Å². The molecule has 1 N–H and O–H groups in total. The van der Waals surface area contributed by atoms with Gasteiger partial charge >= 0.3 is 5.97 Å². The minimum absolute atomic E-state index is 0.0431. The van der Waals surface area contributed by atoms with Gasteiger partial charge in [-0.2, -0.15) is 0 Å². The lowest BCUT2D eigenvalue weighted by Gasteiger charge is -2.15.